The van der Waals surface area contributed by atoms with Crippen LogP contribution in [0.15, 0.2) is 30.5 Å². The van der Waals surface area contributed by atoms with E-state index in [1.165, 1.54) is 12.1 Å². The van der Waals surface area contributed by atoms with E-state index in [0.29, 0.717) is 48.7 Å². The number of aromatic nitrogens is 3. The molecule has 2 N–H and O–H groups in total. The molecule has 7 heteroatoms. The van der Waals surface area contributed by atoms with Gasteiger partial charge in [0, 0.05) is 25.8 Å². The number of halogens is 1. The quantitative estimate of drug-likeness (QED) is 0.778. The highest BCUT2D eigenvalue weighted by molar-refractivity contribution is 5.96. The van der Waals surface area contributed by atoms with Gasteiger partial charge in [0.05, 0.1) is 5.56 Å². The second-order valence-corrected chi connectivity index (χ2v) is 6.17. The zero-order valence-electron chi connectivity index (χ0n) is 13.9. The molecule has 0 saturated heterocycles. The summed E-state index contributed by atoms with van der Waals surface area (Å²) in [5.41, 5.74) is 9.57. The Morgan fingerprint density at radius 1 is 1.32 bits per heavy atom. The number of rotatable bonds is 2. The maximum absolute atomic E-state index is 13.5. The van der Waals surface area contributed by atoms with Crippen molar-refractivity contribution in [1.29, 1.82) is 0 Å². The van der Waals surface area contributed by atoms with Gasteiger partial charge in [-0.25, -0.2) is 14.4 Å². The van der Waals surface area contributed by atoms with Gasteiger partial charge in [-0.3, -0.25) is 9.36 Å². The molecule has 6 nitrogen and oxygen atoms in total. The first-order valence-corrected chi connectivity index (χ1v) is 8.25. The molecule has 0 bridgehead atoms. The first kappa shape index (κ1) is 15.6. The summed E-state index contributed by atoms with van der Waals surface area (Å²) in [6, 6.07) is 6.47. The van der Waals surface area contributed by atoms with E-state index in [9.17, 15) is 9.18 Å². The Labute approximate surface area is 144 Å². The van der Waals surface area contributed by atoms with Gasteiger partial charge >= 0.3 is 0 Å². The van der Waals surface area contributed by atoms with Crippen LogP contribution >= 0.6 is 0 Å². The largest absolute Gasteiger partial charge is 0.369 e. The number of pyridine rings is 1. The van der Waals surface area contributed by atoms with Gasteiger partial charge < -0.3 is 10.6 Å². The Balaban J connectivity index is 1.64. The van der Waals surface area contributed by atoms with E-state index in [-0.39, 0.29) is 11.7 Å². The van der Waals surface area contributed by atoms with E-state index >= 15 is 0 Å². The zero-order chi connectivity index (χ0) is 17.6. The molecule has 4 rings (SSSR count). The monoisotopic (exact) mass is 339 g/mol. The number of fused-ring (bicyclic) bond motifs is 2. The van der Waals surface area contributed by atoms with Gasteiger partial charge in [0.2, 0.25) is 5.95 Å². The summed E-state index contributed by atoms with van der Waals surface area (Å²) in [6.07, 6.45) is 2.27. The average molecular weight is 339 g/mol. The zero-order valence-corrected chi connectivity index (χ0v) is 13.9. The van der Waals surface area contributed by atoms with Crippen molar-refractivity contribution in [3.05, 3.63) is 53.0 Å². The maximum Gasteiger partial charge on any atom is 0.255 e. The highest BCUT2D eigenvalue weighted by Crippen LogP contribution is 2.23. The van der Waals surface area contributed by atoms with E-state index < -0.39 is 0 Å². The Hall–Kier alpha value is -2.96. The molecule has 0 atom stereocenters. The normalized spacial score (nSPS) is 13.9. The highest BCUT2D eigenvalue weighted by atomic mass is 19.1. The van der Waals surface area contributed by atoms with Crippen LogP contribution in [-0.4, -0.2) is 31.9 Å². The van der Waals surface area contributed by atoms with Gasteiger partial charge in [0.15, 0.2) is 5.65 Å². The van der Waals surface area contributed by atoms with Crippen LogP contribution in [0.3, 0.4) is 0 Å². The number of nitrogens with zero attached hydrogens (tertiary/aromatic N) is 4. The number of imidazole rings is 1. The number of hydrogen-bond acceptors (Lipinski definition) is 4. The summed E-state index contributed by atoms with van der Waals surface area (Å²) in [5.74, 6) is -0.0254. The molecule has 0 fully saturated rings. The minimum atomic E-state index is -0.281. The first-order chi connectivity index (χ1) is 12.1. The lowest BCUT2D eigenvalue weighted by molar-refractivity contribution is 0.0734. The maximum atomic E-state index is 13.5. The molecule has 0 aliphatic carbocycles. The first-order valence-electron chi connectivity index (χ1n) is 8.25. The Bertz CT molecular complexity index is 981. The van der Waals surface area contributed by atoms with Gasteiger partial charge in [0.1, 0.15) is 11.3 Å². The van der Waals surface area contributed by atoms with Crippen molar-refractivity contribution in [3.63, 3.8) is 0 Å². The molecule has 1 aliphatic rings. The molecular formula is C18H18FN5O. The number of carbonyl (C=O) groups is 1. The van der Waals surface area contributed by atoms with Crippen molar-refractivity contribution >= 4 is 23.0 Å². The number of amides is 1. The molecule has 2 aromatic heterocycles. The summed E-state index contributed by atoms with van der Waals surface area (Å²) in [5, 5.41) is 0. The van der Waals surface area contributed by atoms with Gasteiger partial charge in [0.25, 0.3) is 5.91 Å². The minimum absolute atomic E-state index is 0.131. The molecule has 1 aromatic carbocycles. The second kappa shape index (κ2) is 5.84. The molecule has 1 aliphatic heterocycles. The van der Waals surface area contributed by atoms with E-state index in [1.807, 2.05) is 6.92 Å². The van der Waals surface area contributed by atoms with Gasteiger partial charge in [-0.2, -0.15) is 0 Å². The summed E-state index contributed by atoms with van der Waals surface area (Å²) in [7, 11) is 0. The lowest BCUT2D eigenvalue weighted by Crippen LogP contribution is -2.36. The van der Waals surface area contributed by atoms with Crippen LogP contribution in [0.4, 0.5) is 10.3 Å². The lowest BCUT2D eigenvalue weighted by atomic mass is 9.99. The van der Waals surface area contributed by atoms with Crippen LogP contribution in [0.5, 0.6) is 0 Å². The smallest absolute Gasteiger partial charge is 0.255 e. The molecule has 0 spiro atoms. The third-order valence-corrected chi connectivity index (χ3v) is 4.65. The Morgan fingerprint density at radius 3 is 2.96 bits per heavy atom. The molecule has 3 aromatic rings. The van der Waals surface area contributed by atoms with Crippen LogP contribution in [0.25, 0.3) is 11.2 Å². The minimum Gasteiger partial charge on any atom is -0.369 e. The van der Waals surface area contributed by atoms with Crippen molar-refractivity contribution in [1.82, 2.24) is 19.4 Å². The van der Waals surface area contributed by atoms with Crippen molar-refractivity contribution in [2.45, 2.75) is 26.4 Å². The van der Waals surface area contributed by atoms with Gasteiger partial charge in [-0.15, -0.1) is 0 Å². The third-order valence-electron chi connectivity index (χ3n) is 4.65. The SMILES string of the molecule is CCn1c(N)nc2cc(C(=O)N3CCc4ccc(F)cc4C3)cnc21. The van der Waals surface area contributed by atoms with Crippen LogP contribution in [0, 0.1) is 5.82 Å². The van der Waals surface area contributed by atoms with E-state index in [1.54, 1.807) is 27.8 Å². The van der Waals surface area contributed by atoms with E-state index in [4.69, 9.17) is 5.73 Å². The highest BCUT2D eigenvalue weighted by Gasteiger charge is 2.23. The second-order valence-electron chi connectivity index (χ2n) is 6.17. The lowest BCUT2D eigenvalue weighted by Gasteiger charge is -2.28. The topological polar surface area (TPSA) is 77.0 Å². The molecule has 1 amide bonds. The molecule has 25 heavy (non-hydrogen) atoms. The fraction of sp³-hybridized carbons (Fsp3) is 0.278. The van der Waals surface area contributed by atoms with Crippen molar-refractivity contribution in [2.75, 3.05) is 12.3 Å². The Morgan fingerprint density at radius 2 is 2.16 bits per heavy atom. The van der Waals surface area contributed by atoms with Gasteiger partial charge in [-0.1, -0.05) is 6.07 Å². The van der Waals surface area contributed by atoms with Crippen LogP contribution in [0.2, 0.25) is 0 Å². The molecule has 128 valence electrons. The number of carbonyl (C=O) groups excluding carboxylic acids is 1. The number of aryl methyl sites for hydroxylation is 1. The fourth-order valence-corrected chi connectivity index (χ4v) is 3.34. The standard InChI is InChI=1S/C18H18FN5O/c1-2-24-16-15(22-18(24)20)8-12(9-21-16)17(25)23-6-5-11-3-4-14(19)7-13(11)10-23/h3-4,7-9H,2,5-6,10H2,1H3,(H2,20,22). The summed E-state index contributed by atoms with van der Waals surface area (Å²) >= 11 is 0. The predicted molar refractivity (Wildman–Crippen MR) is 92.5 cm³/mol. The molecule has 0 saturated carbocycles. The average Bonchev–Trinajstić information content (AvgIpc) is 2.94. The van der Waals surface area contributed by atoms with E-state index in [2.05, 4.69) is 9.97 Å². The molecular weight excluding hydrogens is 321 g/mol. The molecule has 0 unspecified atom stereocenters. The summed E-state index contributed by atoms with van der Waals surface area (Å²) in [4.78, 5) is 23.2. The predicted octanol–water partition coefficient (Wildman–Crippen LogP) is 2.37. The van der Waals surface area contributed by atoms with Crippen LogP contribution in [-0.2, 0) is 19.5 Å². The van der Waals surface area contributed by atoms with Crippen molar-refractivity contribution < 1.29 is 9.18 Å². The van der Waals surface area contributed by atoms with E-state index in [0.717, 1.165) is 11.1 Å². The van der Waals surface area contributed by atoms with Crippen LogP contribution < -0.4 is 5.73 Å². The molecule has 0 radical (unpaired) electrons. The van der Waals surface area contributed by atoms with Crippen molar-refractivity contribution in [2.24, 2.45) is 0 Å². The molecule has 3 heterocycles. The van der Waals surface area contributed by atoms with Gasteiger partial charge in [-0.05, 0) is 42.7 Å². The summed E-state index contributed by atoms with van der Waals surface area (Å²) < 4.78 is 15.3. The third kappa shape index (κ3) is 2.61. The van der Waals surface area contributed by atoms with Crippen LogP contribution in [0.1, 0.15) is 28.4 Å². The number of nitrogens with two attached hydrogens (primary N) is 1. The summed E-state index contributed by atoms with van der Waals surface area (Å²) in [6.45, 7) is 3.62. The Kier molecular flexibility index (Phi) is 3.63. The number of hydrogen-bond donors (Lipinski definition) is 1. The number of anilines is 1. The number of nitrogen functional groups attached to an aromatic ring is 1. The fourth-order valence-electron chi connectivity index (χ4n) is 3.34. The van der Waals surface area contributed by atoms with Crippen molar-refractivity contribution in [3.8, 4) is 0 Å². The number of benzene rings is 1.